The van der Waals surface area contributed by atoms with Gasteiger partial charge in [-0.25, -0.2) is 0 Å². The van der Waals surface area contributed by atoms with E-state index in [1.165, 1.54) is 25.7 Å². The Balaban J connectivity index is 1.65. The molecule has 3 heterocycles. The highest BCUT2D eigenvalue weighted by molar-refractivity contribution is 5.94. The molecule has 1 amide bonds. The smallest absolute Gasteiger partial charge is 0.253 e. The number of hydrogen-bond acceptors (Lipinski definition) is 4. The van der Waals surface area contributed by atoms with Crippen molar-refractivity contribution in [2.75, 3.05) is 18.0 Å². The summed E-state index contributed by atoms with van der Waals surface area (Å²) in [5.41, 5.74) is 2.63. The van der Waals surface area contributed by atoms with Crippen molar-refractivity contribution >= 4 is 11.6 Å². The molecule has 0 radical (unpaired) electrons. The van der Waals surface area contributed by atoms with Gasteiger partial charge in [-0.2, -0.15) is 0 Å². The number of amides is 1. The van der Waals surface area contributed by atoms with Crippen LogP contribution in [0.2, 0.25) is 0 Å². The summed E-state index contributed by atoms with van der Waals surface area (Å²) >= 11 is 0. The average molecular weight is 310 g/mol. The van der Waals surface area contributed by atoms with Crippen LogP contribution in [0.1, 0.15) is 41.6 Å². The van der Waals surface area contributed by atoms with Crippen molar-refractivity contribution in [3.8, 4) is 0 Å². The van der Waals surface area contributed by atoms with Gasteiger partial charge in [0.25, 0.3) is 5.91 Å². The van der Waals surface area contributed by atoms with Crippen molar-refractivity contribution in [2.45, 2.75) is 32.2 Å². The predicted molar refractivity (Wildman–Crippen MR) is 90.3 cm³/mol. The molecule has 0 aliphatic carbocycles. The Labute approximate surface area is 136 Å². The summed E-state index contributed by atoms with van der Waals surface area (Å²) in [6.07, 6.45) is 11.9. The number of carbonyl (C=O) groups is 1. The van der Waals surface area contributed by atoms with Gasteiger partial charge >= 0.3 is 0 Å². The second kappa shape index (κ2) is 7.72. The molecule has 1 saturated heterocycles. The van der Waals surface area contributed by atoms with Crippen LogP contribution in [0, 0.1) is 0 Å². The van der Waals surface area contributed by atoms with Gasteiger partial charge in [0.15, 0.2) is 0 Å². The normalized spacial score (nSPS) is 15.0. The standard InChI is InChI=1S/C18H22N4O/c23-18(21-12-15-6-5-7-19-11-15)16-10-17(14-20-13-16)22-8-3-1-2-4-9-22/h5-7,10-11,13-14H,1-4,8-9,12H2,(H,21,23). The summed E-state index contributed by atoms with van der Waals surface area (Å²) < 4.78 is 0. The van der Waals surface area contributed by atoms with Crippen molar-refractivity contribution in [2.24, 2.45) is 0 Å². The number of aromatic nitrogens is 2. The van der Waals surface area contributed by atoms with Crippen LogP contribution in [0.25, 0.3) is 0 Å². The quantitative estimate of drug-likeness (QED) is 0.943. The molecule has 3 rings (SSSR count). The maximum Gasteiger partial charge on any atom is 0.253 e. The molecule has 1 aliphatic rings. The molecule has 1 aliphatic heterocycles. The number of carbonyl (C=O) groups excluding carboxylic acids is 1. The molecule has 0 atom stereocenters. The summed E-state index contributed by atoms with van der Waals surface area (Å²) in [6, 6.07) is 5.75. The molecule has 23 heavy (non-hydrogen) atoms. The van der Waals surface area contributed by atoms with Crippen LogP contribution in [0.4, 0.5) is 5.69 Å². The van der Waals surface area contributed by atoms with E-state index in [2.05, 4.69) is 20.2 Å². The molecule has 5 heteroatoms. The third-order valence-electron chi connectivity index (χ3n) is 4.13. The van der Waals surface area contributed by atoms with E-state index in [1.807, 2.05) is 24.4 Å². The van der Waals surface area contributed by atoms with Crippen LogP contribution in [0.5, 0.6) is 0 Å². The Morgan fingerprint density at radius 2 is 1.91 bits per heavy atom. The highest BCUT2D eigenvalue weighted by Crippen LogP contribution is 2.19. The molecule has 1 N–H and O–H groups in total. The van der Waals surface area contributed by atoms with Crippen LogP contribution in [0.3, 0.4) is 0 Å². The van der Waals surface area contributed by atoms with Crippen molar-refractivity contribution in [3.05, 3.63) is 54.1 Å². The van der Waals surface area contributed by atoms with E-state index in [9.17, 15) is 4.79 Å². The van der Waals surface area contributed by atoms with E-state index in [0.29, 0.717) is 12.1 Å². The Kier molecular flexibility index (Phi) is 5.19. The van der Waals surface area contributed by atoms with Gasteiger partial charge in [-0.05, 0) is 30.5 Å². The molecule has 2 aromatic heterocycles. The minimum Gasteiger partial charge on any atom is -0.370 e. The van der Waals surface area contributed by atoms with Gasteiger partial charge in [0.05, 0.1) is 17.4 Å². The monoisotopic (exact) mass is 310 g/mol. The Hall–Kier alpha value is -2.43. The first-order chi connectivity index (χ1) is 11.3. The van der Waals surface area contributed by atoms with Crippen LogP contribution in [0.15, 0.2) is 43.0 Å². The average Bonchev–Trinajstić information content (AvgIpc) is 2.90. The summed E-state index contributed by atoms with van der Waals surface area (Å²) in [7, 11) is 0. The SMILES string of the molecule is O=C(NCc1cccnc1)c1cncc(N2CCCCCC2)c1. The fraction of sp³-hybridized carbons (Fsp3) is 0.389. The van der Waals surface area contributed by atoms with Gasteiger partial charge in [-0.3, -0.25) is 14.8 Å². The minimum absolute atomic E-state index is 0.0991. The number of rotatable bonds is 4. The van der Waals surface area contributed by atoms with Gasteiger partial charge in [-0.1, -0.05) is 18.9 Å². The maximum atomic E-state index is 12.3. The van der Waals surface area contributed by atoms with Crippen LogP contribution >= 0.6 is 0 Å². The number of anilines is 1. The number of pyridine rings is 2. The van der Waals surface area contributed by atoms with Gasteiger partial charge < -0.3 is 10.2 Å². The number of nitrogens with one attached hydrogen (secondary N) is 1. The second-order valence-electron chi connectivity index (χ2n) is 5.88. The molecule has 0 spiro atoms. The van der Waals surface area contributed by atoms with Gasteiger partial charge in [0, 0.05) is 38.2 Å². The fourth-order valence-electron chi connectivity index (χ4n) is 2.84. The summed E-state index contributed by atoms with van der Waals surface area (Å²) in [4.78, 5) is 23.0. The zero-order chi connectivity index (χ0) is 15.9. The second-order valence-corrected chi connectivity index (χ2v) is 5.88. The molecule has 0 aromatic carbocycles. The van der Waals surface area contributed by atoms with Crippen molar-refractivity contribution in [3.63, 3.8) is 0 Å². The van der Waals surface area contributed by atoms with Gasteiger partial charge in [0.2, 0.25) is 0 Å². The number of nitrogens with zero attached hydrogens (tertiary/aromatic N) is 3. The molecule has 1 fully saturated rings. The lowest BCUT2D eigenvalue weighted by atomic mass is 10.2. The van der Waals surface area contributed by atoms with Crippen LogP contribution in [-0.4, -0.2) is 29.0 Å². The lowest BCUT2D eigenvalue weighted by molar-refractivity contribution is 0.0950. The topological polar surface area (TPSA) is 58.1 Å². The van der Waals surface area contributed by atoms with Crippen LogP contribution in [-0.2, 0) is 6.54 Å². The Bertz CT molecular complexity index is 636. The summed E-state index contributed by atoms with van der Waals surface area (Å²) in [5, 5.41) is 2.92. The Morgan fingerprint density at radius 3 is 2.65 bits per heavy atom. The maximum absolute atomic E-state index is 12.3. The fourth-order valence-corrected chi connectivity index (χ4v) is 2.84. The van der Waals surface area contributed by atoms with Crippen molar-refractivity contribution in [1.82, 2.24) is 15.3 Å². The first-order valence-corrected chi connectivity index (χ1v) is 8.20. The predicted octanol–water partition coefficient (Wildman–Crippen LogP) is 2.79. The van der Waals surface area contributed by atoms with Crippen molar-refractivity contribution < 1.29 is 4.79 Å². The van der Waals surface area contributed by atoms with Gasteiger partial charge in [-0.15, -0.1) is 0 Å². The molecule has 5 nitrogen and oxygen atoms in total. The zero-order valence-electron chi connectivity index (χ0n) is 13.2. The van der Waals surface area contributed by atoms with Crippen molar-refractivity contribution in [1.29, 1.82) is 0 Å². The van der Waals surface area contributed by atoms with E-state index in [-0.39, 0.29) is 5.91 Å². The number of hydrogen-bond donors (Lipinski definition) is 1. The highest BCUT2D eigenvalue weighted by atomic mass is 16.1. The van der Waals surface area contributed by atoms with E-state index >= 15 is 0 Å². The van der Waals surface area contributed by atoms with E-state index in [4.69, 9.17) is 0 Å². The third kappa shape index (κ3) is 4.28. The van der Waals surface area contributed by atoms with E-state index in [1.54, 1.807) is 18.6 Å². The molecule has 2 aromatic rings. The van der Waals surface area contributed by atoms with Gasteiger partial charge in [0.1, 0.15) is 0 Å². The zero-order valence-corrected chi connectivity index (χ0v) is 13.2. The van der Waals surface area contributed by atoms with E-state index < -0.39 is 0 Å². The largest absolute Gasteiger partial charge is 0.370 e. The molecule has 0 saturated carbocycles. The highest BCUT2D eigenvalue weighted by Gasteiger charge is 2.13. The third-order valence-corrected chi connectivity index (χ3v) is 4.13. The minimum atomic E-state index is -0.0991. The van der Waals surface area contributed by atoms with Crippen LogP contribution < -0.4 is 10.2 Å². The first-order valence-electron chi connectivity index (χ1n) is 8.20. The molecule has 120 valence electrons. The summed E-state index contributed by atoms with van der Waals surface area (Å²) in [6.45, 7) is 2.56. The lowest BCUT2D eigenvalue weighted by Gasteiger charge is -2.22. The molecular weight excluding hydrogens is 288 g/mol. The first kappa shape index (κ1) is 15.5. The molecule has 0 unspecified atom stereocenters. The lowest BCUT2D eigenvalue weighted by Crippen LogP contribution is -2.26. The van der Waals surface area contributed by atoms with E-state index in [0.717, 1.165) is 24.3 Å². The summed E-state index contributed by atoms with van der Waals surface area (Å²) in [5.74, 6) is -0.0991. The molecular formula is C18H22N4O. The molecule has 0 bridgehead atoms. The Morgan fingerprint density at radius 1 is 1.09 bits per heavy atom.